The summed E-state index contributed by atoms with van der Waals surface area (Å²) in [6.45, 7) is 10.0. The fraction of sp³-hybridized carbons (Fsp3) is 0.537. The molecule has 6 heteroatoms. The zero-order valence-electron chi connectivity index (χ0n) is 29.7. The van der Waals surface area contributed by atoms with Crippen molar-refractivity contribution >= 4 is 6.09 Å². The van der Waals surface area contributed by atoms with E-state index in [9.17, 15) is 4.79 Å². The van der Waals surface area contributed by atoms with Gasteiger partial charge in [0.05, 0.1) is 20.3 Å². The first-order chi connectivity index (χ1) is 22.8. The van der Waals surface area contributed by atoms with E-state index in [0.29, 0.717) is 13.2 Å². The summed E-state index contributed by atoms with van der Waals surface area (Å²) in [7, 11) is 1.69. The molecule has 0 radical (unpaired) electrons. The number of carbonyl (C=O) groups is 1. The van der Waals surface area contributed by atoms with Crippen molar-refractivity contribution in [2.75, 3.05) is 26.9 Å². The van der Waals surface area contributed by atoms with Crippen molar-refractivity contribution in [1.29, 1.82) is 0 Å². The molecule has 1 N–H and O–H groups in total. The molecule has 3 aromatic rings. The van der Waals surface area contributed by atoms with Gasteiger partial charge < -0.3 is 24.3 Å². The predicted octanol–water partition coefficient (Wildman–Crippen LogP) is 11.4. The van der Waals surface area contributed by atoms with E-state index >= 15 is 0 Å². The molecule has 0 saturated heterocycles. The summed E-state index contributed by atoms with van der Waals surface area (Å²) in [5, 5.41) is 2.84. The predicted molar refractivity (Wildman–Crippen MR) is 195 cm³/mol. The number of carbonyl (C=O) groups excluding carboxylic acids is 1. The number of alkyl carbamates (subject to hydrolysis) is 1. The van der Waals surface area contributed by atoms with Gasteiger partial charge in [0.25, 0.3) is 0 Å². The summed E-state index contributed by atoms with van der Waals surface area (Å²) in [5.74, 6) is 2.59. The monoisotopic (exact) mass is 645 g/mol. The summed E-state index contributed by atoms with van der Waals surface area (Å²) < 4.78 is 23.0. The van der Waals surface area contributed by atoms with Gasteiger partial charge in [-0.05, 0) is 81.0 Å². The molecule has 258 valence electrons. The Kier molecular flexibility index (Phi) is 17.1. The molecule has 0 atom stereocenters. The number of amides is 1. The smallest absolute Gasteiger partial charge is 0.407 e. The van der Waals surface area contributed by atoms with Gasteiger partial charge in [-0.1, -0.05) is 108 Å². The van der Waals surface area contributed by atoms with Crippen molar-refractivity contribution in [1.82, 2.24) is 5.32 Å². The van der Waals surface area contributed by atoms with Gasteiger partial charge in [0, 0.05) is 18.2 Å². The zero-order chi connectivity index (χ0) is 33.7. The van der Waals surface area contributed by atoms with E-state index in [2.05, 4.69) is 66.8 Å². The molecule has 0 heterocycles. The number of hydrogen-bond donors (Lipinski definition) is 1. The van der Waals surface area contributed by atoms with Crippen LogP contribution in [0.5, 0.6) is 17.2 Å². The molecule has 0 saturated carbocycles. The first-order valence-electron chi connectivity index (χ1n) is 17.9. The summed E-state index contributed by atoms with van der Waals surface area (Å²) in [5.41, 5.74) is 4.11. The van der Waals surface area contributed by atoms with Crippen LogP contribution < -0.4 is 19.5 Å². The van der Waals surface area contributed by atoms with E-state index in [1.165, 1.54) is 68.9 Å². The van der Waals surface area contributed by atoms with Gasteiger partial charge in [-0.3, -0.25) is 0 Å². The number of ether oxygens (including phenoxy) is 4. The highest BCUT2D eigenvalue weighted by Gasteiger charge is 2.15. The van der Waals surface area contributed by atoms with E-state index in [1.807, 2.05) is 32.9 Å². The van der Waals surface area contributed by atoms with Crippen LogP contribution >= 0.6 is 0 Å². The van der Waals surface area contributed by atoms with Crippen molar-refractivity contribution in [3.05, 3.63) is 66.7 Å². The Labute approximate surface area is 284 Å². The number of benzene rings is 3. The van der Waals surface area contributed by atoms with Crippen LogP contribution in [-0.4, -0.2) is 38.6 Å². The van der Waals surface area contributed by atoms with Gasteiger partial charge in [0.2, 0.25) is 0 Å². The quantitative estimate of drug-likeness (QED) is 0.110. The van der Waals surface area contributed by atoms with E-state index in [-0.39, 0.29) is 6.09 Å². The van der Waals surface area contributed by atoms with Gasteiger partial charge in [0.1, 0.15) is 22.8 Å². The second kappa shape index (κ2) is 21.3. The van der Waals surface area contributed by atoms with Crippen LogP contribution in [0.3, 0.4) is 0 Å². The second-order valence-corrected chi connectivity index (χ2v) is 13.3. The minimum absolute atomic E-state index is 0.321. The Morgan fingerprint density at radius 3 is 1.72 bits per heavy atom. The van der Waals surface area contributed by atoms with E-state index in [1.54, 1.807) is 7.11 Å². The summed E-state index contributed by atoms with van der Waals surface area (Å²) in [6.07, 6.45) is 15.1. The number of unbranched alkanes of at least 4 members (excludes halogenated alkanes) is 11. The molecule has 0 aliphatic rings. The highest BCUT2D eigenvalue weighted by Crippen LogP contribution is 2.35. The standard InChI is InChI=1S/C41H59NO5/c1-6-7-17-30-45-36-25-23-34(24-26-36)33-19-21-35(22-20-33)38-28-27-37(44-5)32-39(38)46-31-18-15-13-11-9-8-10-12-14-16-29-42-40(43)47-41(2,3)4/h19-28,32H,6-18,29-31H2,1-5H3,(H,42,43). The lowest BCUT2D eigenvalue weighted by molar-refractivity contribution is 0.0527. The first kappa shape index (κ1) is 37.8. The number of nitrogens with one attached hydrogen (secondary N) is 1. The van der Waals surface area contributed by atoms with Gasteiger partial charge in [-0.25, -0.2) is 4.79 Å². The molecule has 0 aliphatic heterocycles. The van der Waals surface area contributed by atoms with Crippen LogP contribution in [0.25, 0.3) is 22.3 Å². The third-order valence-corrected chi connectivity index (χ3v) is 8.09. The average Bonchev–Trinajstić information content (AvgIpc) is 3.06. The lowest BCUT2D eigenvalue weighted by Gasteiger charge is -2.19. The molecule has 47 heavy (non-hydrogen) atoms. The van der Waals surface area contributed by atoms with Crippen molar-refractivity contribution in [3.63, 3.8) is 0 Å². The third-order valence-electron chi connectivity index (χ3n) is 8.09. The maximum Gasteiger partial charge on any atom is 0.407 e. The van der Waals surface area contributed by atoms with Crippen molar-refractivity contribution < 1.29 is 23.7 Å². The summed E-state index contributed by atoms with van der Waals surface area (Å²) in [6, 6.07) is 23.1. The number of methoxy groups -OCH3 is 1. The largest absolute Gasteiger partial charge is 0.497 e. The average molecular weight is 646 g/mol. The van der Waals surface area contributed by atoms with Gasteiger partial charge in [-0.15, -0.1) is 0 Å². The van der Waals surface area contributed by atoms with Crippen LogP contribution in [-0.2, 0) is 4.74 Å². The molecular weight excluding hydrogens is 586 g/mol. The maximum absolute atomic E-state index is 11.7. The summed E-state index contributed by atoms with van der Waals surface area (Å²) in [4.78, 5) is 11.7. The first-order valence-corrected chi connectivity index (χ1v) is 17.9. The maximum atomic E-state index is 11.7. The molecule has 0 fully saturated rings. The fourth-order valence-corrected chi connectivity index (χ4v) is 5.44. The van der Waals surface area contributed by atoms with Crippen molar-refractivity contribution in [3.8, 4) is 39.5 Å². The highest BCUT2D eigenvalue weighted by molar-refractivity contribution is 5.75. The fourth-order valence-electron chi connectivity index (χ4n) is 5.44. The Hall–Kier alpha value is -3.67. The highest BCUT2D eigenvalue weighted by atomic mass is 16.6. The van der Waals surface area contributed by atoms with Crippen molar-refractivity contribution in [2.45, 2.75) is 117 Å². The Morgan fingerprint density at radius 2 is 1.13 bits per heavy atom. The summed E-state index contributed by atoms with van der Waals surface area (Å²) >= 11 is 0. The minimum atomic E-state index is -0.441. The molecule has 0 unspecified atom stereocenters. The Bertz CT molecular complexity index is 1280. The van der Waals surface area contributed by atoms with E-state index in [0.717, 1.165) is 60.7 Å². The van der Waals surface area contributed by atoms with Crippen LogP contribution in [0, 0.1) is 0 Å². The van der Waals surface area contributed by atoms with Crippen LogP contribution in [0.2, 0.25) is 0 Å². The molecule has 1 amide bonds. The molecule has 3 aromatic carbocycles. The van der Waals surface area contributed by atoms with E-state index < -0.39 is 5.60 Å². The zero-order valence-corrected chi connectivity index (χ0v) is 29.7. The molecule has 0 aliphatic carbocycles. The molecule has 0 spiro atoms. The second-order valence-electron chi connectivity index (χ2n) is 13.3. The van der Waals surface area contributed by atoms with Crippen LogP contribution in [0.4, 0.5) is 4.79 Å². The minimum Gasteiger partial charge on any atom is -0.497 e. The van der Waals surface area contributed by atoms with Crippen molar-refractivity contribution in [2.24, 2.45) is 0 Å². The van der Waals surface area contributed by atoms with Crippen LogP contribution in [0.15, 0.2) is 66.7 Å². The molecule has 6 nitrogen and oxygen atoms in total. The van der Waals surface area contributed by atoms with Gasteiger partial charge in [-0.2, -0.15) is 0 Å². The number of rotatable bonds is 22. The molecule has 0 aromatic heterocycles. The Balaban J connectivity index is 1.33. The SMILES string of the molecule is CCCCCOc1ccc(-c2ccc(-c3ccc(OC)cc3OCCCCCCCCCCCCNC(=O)OC(C)(C)C)cc2)cc1. The Morgan fingerprint density at radius 1 is 0.617 bits per heavy atom. The lowest BCUT2D eigenvalue weighted by atomic mass is 9.99. The molecule has 0 bridgehead atoms. The lowest BCUT2D eigenvalue weighted by Crippen LogP contribution is -2.32. The van der Waals surface area contributed by atoms with Crippen LogP contribution in [0.1, 0.15) is 111 Å². The van der Waals surface area contributed by atoms with Gasteiger partial charge in [0.15, 0.2) is 0 Å². The normalized spacial score (nSPS) is 11.3. The molecular formula is C41H59NO5. The van der Waals surface area contributed by atoms with E-state index in [4.69, 9.17) is 18.9 Å². The topological polar surface area (TPSA) is 66.0 Å². The molecule has 3 rings (SSSR count). The van der Waals surface area contributed by atoms with Gasteiger partial charge >= 0.3 is 6.09 Å². The number of hydrogen-bond acceptors (Lipinski definition) is 5. The third kappa shape index (κ3) is 15.2.